The number of anilines is 1. The lowest BCUT2D eigenvalue weighted by Crippen LogP contribution is -2.41. The zero-order chi connectivity index (χ0) is 13.6. The minimum atomic E-state index is -0.137. The second-order valence-corrected chi connectivity index (χ2v) is 5.16. The molecule has 1 N–H and O–H groups in total. The largest absolute Gasteiger partial charge is 0.369 e. The molecule has 0 fully saturated rings. The Morgan fingerprint density at radius 1 is 1.28 bits per heavy atom. The van der Waals surface area contributed by atoms with E-state index in [2.05, 4.69) is 31.0 Å². The summed E-state index contributed by atoms with van der Waals surface area (Å²) in [6, 6.07) is 7.01. The number of nitrogens with zero attached hydrogens (tertiary/aromatic N) is 1. The van der Waals surface area contributed by atoms with E-state index < -0.39 is 0 Å². The van der Waals surface area contributed by atoms with E-state index in [1.165, 1.54) is 6.07 Å². The molecule has 0 radical (unpaired) electrons. The SMILES string of the molecule is CCN(CC(C)(CC)CNC)c1ccccc1F. The maximum Gasteiger partial charge on any atom is 0.146 e. The molecule has 0 aliphatic carbocycles. The van der Waals surface area contributed by atoms with Gasteiger partial charge < -0.3 is 10.2 Å². The van der Waals surface area contributed by atoms with Gasteiger partial charge in [-0.1, -0.05) is 26.0 Å². The minimum absolute atomic E-state index is 0.137. The van der Waals surface area contributed by atoms with E-state index in [0.29, 0.717) is 5.69 Å². The summed E-state index contributed by atoms with van der Waals surface area (Å²) in [5.74, 6) is -0.137. The molecule has 0 saturated heterocycles. The Bertz CT molecular complexity index is 367. The fourth-order valence-electron chi connectivity index (χ4n) is 2.26. The molecular formula is C15H25FN2. The van der Waals surface area contributed by atoms with Gasteiger partial charge in [-0.05, 0) is 37.9 Å². The van der Waals surface area contributed by atoms with Crippen LogP contribution in [0, 0.1) is 11.2 Å². The first-order valence-corrected chi connectivity index (χ1v) is 6.70. The molecule has 0 saturated carbocycles. The summed E-state index contributed by atoms with van der Waals surface area (Å²) in [5, 5.41) is 3.23. The van der Waals surface area contributed by atoms with Gasteiger partial charge in [0, 0.05) is 19.6 Å². The predicted octanol–water partition coefficient (Wildman–Crippen LogP) is 3.29. The molecule has 3 heteroatoms. The summed E-state index contributed by atoms with van der Waals surface area (Å²) in [5.41, 5.74) is 0.864. The fraction of sp³-hybridized carbons (Fsp3) is 0.600. The number of hydrogen-bond acceptors (Lipinski definition) is 2. The molecule has 0 aliphatic heterocycles. The molecule has 1 rings (SSSR count). The summed E-state index contributed by atoms with van der Waals surface area (Å²) < 4.78 is 13.8. The van der Waals surface area contributed by atoms with Crippen LogP contribution in [0.4, 0.5) is 10.1 Å². The third kappa shape index (κ3) is 3.70. The van der Waals surface area contributed by atoms with Crippen molar-refractivity contribution in [1.29, 1.82) is 0 Å². The van der Waals surface area contributed by atoms with Crippen LogP contribution >= 0.6 is 0 Å². The van der Waals surface area contributed by atoms with Crippen LogP contribution in [0.1, 0.15) is 27.2 Å². The maximum atomic E-state index is 13.8. The minimum Gasteiger partial charge on any atom is -0.369 e. The Morgan fingerprint density at radius 2 is 1.94 bits per heavy atom. The highest BCUT2D eigenvalue weighted by atomic mass is 19.1. The molecule has 0 amide bonds. The van der Waals surface area contributed by atoms with Crippen LogP contribution in [0.5, 0.6) is 0 Å². The quantitative estimate of drug-likeness (QED) is 0.801. The zero-order valence-corrected chi connectivity index (χ0v) is 12.0. The van der Waals surface area contributed by atoms with E-state index in [1.54, 1.807) is 6.07 Å². The van der Waals surface area contributed by atoms with Crippen molar-refractivity contribution in [2.45, 2.75) is 27.2 Å². The lowest BCUT2D eigenvalue weighted by atomic mass is 9.86. The van der Waals surface area contributed by atoms with Crippen molar-refractivity contribution in [3.05, 3.63) is 30.1 Å². The highest BCUT2D eigenvalue weighted by molar-refractivity contribution is 5.47. The highest BCUT2D eigenvalue weighted by Crippen LogP contribution is 2.26. The van der Waals surface area contributed by atoms with Crippen molar-refractivity contribution in [1.82, 2.24) is 5.32 Å². The number of nitrogens with one attached hydrogen (secondary N) is 1. The fourth-order valence-corrected chi connectivity index (χ4v) is 2.26. The lowest BCUT2D eigenvalue weighted by molar-refractivity contribution is 0.304. The van der Waals surface area contributed by atoms with E-state index in [1.807, 2.05) is 19.2 Å². The molecule has 0 aliphatic rings. The smallest absolute Gasteiger partial charge is 0.146 e. The van der Waals surface area contributed by atoms with Gasteiger partial charge in [-0.25, -0.2) is 4.39 Å². The average molecular weight is 252 g/mol. The van der Waals surface area contributed by atoms with Crippen LogP contribution in [0.2, 0.25) is 0 Å². The Hall–Kier alpha value is -1.09. The summed E-state index contributed by atoms with van der Waals surface area (Å²) in [6.45, 7) is 9.12. The third-order valence-electron chi connectivity index (χ3n) is 3.60. The van der Waals surface area contributed by atoms with Gasteiger partial charge >= 0.3 is 0 Å². The predicted molar refractivity (Wildman–Crippen MR) is 76.6 cm³/mol. The number of halogens is 1. The molecule has 1 atom stereocenters. The van der Waals surface area contributed by atoms with Crippen molar-refractivity contribution >= 4 is 5.69 Å². The molecule has 1 unspecified atom stereocenters. The zero-order valence-electron chi connectivity index (χ0n) is 12.0. The van der Waals surface area contributed by atoms with Crippen LogP contribution < -0.4 is 10.2 Å². The van der Waals surface area contributed by atoms with Crippen LogP contribution in [-0.2, 0) is 0 Å². The molecule has 0 heterocycles. The molecule has 0 spiro atoms. The van der Waals surface area contributed by atoms with Crippen LogP contribution in [-0.4, -0.2) is 26.7 Å². The average Bonchev–Trinajstić information content (AvgIpc) is 2.37. The van der Waals surface area contributed by atoms with Crippen molar-refractivity contribution in [3.63, 3.8) is 0 Å². The van der Waals surface area contributed by atoms with Crippen molar-refractivity contribution in [2.24, 2.45) is 5.41 Å². The van der Waals surface area contributed by atoms with Gasteiger partial charge in [0.1, 0.15) is 5.82 Å². The van der Waals surface area contributed by atoms with Gasteiger partial charge in [0.15, 0.2) is 0 Å². The Morgan fingerprint density at radius 3 is 2.44 bits per heavy atom. The highest BCUT2D eigenvalue weighted by Gasteiger charge is 2.25. The monoisotopic (exact) mass is 252 g/mol. The standard InChI is InChI=1S/C15H25FN2/c1-5-15(3,11-17-4)12-18(6-2)14-10-8-7-9-13(14)16/h7-10,17H,5-6,11-12H2,1-4H3. The van der Waals surface area contributed by atoms with Gasteiger partial charge in [-0.2, -0.15) is 0 Å². The molecule has 0 aromatic heterocycles. The number of para-hydroxylation sites is 1. The molecule has 0 bridgehead atoms. The summed E-state index contributed by atoms with van der Waals surface area (Å²) in [4.78, 5) is 2.12. The summed E-state index contributed by atoms with van der Waals surface area (Å²) in [7, 11) is 1.97. The topological polar surface area (TPSA) is 15.3 Å². The molecule has 2 nitrogen and oxygen atoms in total. The van der Waals surface area contributed by atoms with Crippen molar-refractivity contribution in [3.8, 4) is 0 Å². The normalized spacial score (nSPS) is 14.3. The van der Waals surface area contributed by atoms with Gasteiger partial charge in [-0.3, -0.25) is 0 Å². The van der Waals surface area contributed by atoms with Crippen LogP contribution in [0.3, 0.4) is 0 Å². The number of rotatable bonds is 7. The first-order chi connectivity index (χ1) is 8.56. The number of benzene rings is 1. The van der Waals surface area contributed by atoms with E-state index in [4.69, 9.17) is 0 Å². The van der Waals surface area contributed by atoms with E-state index >= 15 is 0 Å². The third-order valence-corrected chi connectivity index (χ3v) is 3.60. The summed E-state index contributed by atoms with van der Waals surface area (Å²) in [6.07, 6.45) is 1.07. The van der Waals surface area contributed by atoms with E-state index in [-0.39, 0.29) is 11.2 Å². The van der Waals surface area contributed by atoms with Crippen LogP contribution in [0.15, 0.2) is 24.3 Å². The molecule has 18 heavy (non-hydrogen) atoms. The van der Waals surface area contributed by atoms with Gasteiger partial charge in [0.25, 0.3) is 0 Å². The van der Waals surface area contributed by atoms with E-state index in [0.717, 1.165) is 26.1 Å². The Balaban J connectivity index is 2.88. The second kappa shape index (κ2) is 6.74. The first kappa shape index (κ1) is 15.0. The number of hydrogen-bond donors (Lipinski definition) is 1. The van der Waals surface area contributed by atoms with Gasteiger partial charge in [-0.15, -0.1) is 0 Å². The van der Waals surface area contributed by atoms with Crippen LogP contribution in [0.25, 0.3) is 0 Å². The summed E-state index contributed by atoms with van der Waals surface area (Å²) >= 11 is 0. The van der Waals surface area contributed by atoms with Crippen molar-refractivity contribution in [2.75, 3.05) is 31.6 Å². The molecular weight excluding hydrogens is 227 g/mol. The molecule has 102 valence electrons. The Kier molecular flexibility index (Phi) is 5.60. The molecule has 1 aromatic carbocycles. The Labute approximate surface area is 110 Å². The first-order valence-electron chi connectivity index (χ1n) is 6.70. The van der Waals surface area contributed by atoms with Gasteiger partial charge in [0.05, 0.1) is 5.69 Å². The second-order valence-electron chi connectivity index (χ2n) is 5.16. The molecule has 1 aromatic rings. The van der Waals surface area contributed by atoms with Gasteiger partial charge in [0.2, 0.25) is 0 Å². The maximum absolute atomic E-state index is 13.8. The van der Waals surface area contributed by atoms with Crippen molar-refractivity contribution < 1.29 is 4.39 Å². The van der Waals surface area contributed by atoms with E-state index in [9.17, 15) is 4.39 Å². The lowest BCUT2D eigenvalue weighted by Gasteiger charge is -2.35.